The van der Waals surface area contributed by atoms with E-state index in [0.717, 1.165) is 0 Å². The van der Waals surface area contributed by atoms with E-state index in [9.17, 15) is 22.4 Å². The highest BCUT2D eigenvalue weighted by molar-refractivity contribution is 6.02. The lowest BCUT2D eigenvalue weighted by atomic mass is 9.91. The van der Waals surface area contributed by atoms with Crippen LogP contribution < -0.4 is 5.73 Å². The van der Waals surface area contributed by atoms with Gasteiger partial charge in [0.1, 0.15) is 23.3 Å². The predicted octanol–water partition coefficient (Wildman–Crippen LogP) is 5.18. The van der Waals surface area contributed by atoms with Crippen LogP contribution in [0.1, 0.15) is 22.0 Å². The average Bonchev–Trinajstić information content (AvgIpc) is 3.18. The minimum atomic E-state index is -1.46. The van der Waals surface area contributed by atoms with Gasteiger partial charge in [-0.25, -0.2) is 17.6 Å². The zero-order valence-electron chi connectivity index (χ0n) is 15.9. The van der Waals surface area contributed by atoms with E-state index in [1.54, 1.807) is 24.3 Å². The molecule has 0 aliphatic rings. The minimum Gasteiger partial charge on any atom is -0.360 e. The van der Waals surface area contributed by atoms with E-state index in [1.807, 2.05) is 0 Å². The monoisotopic (exact) mass is 425 g/mol. The lowest BCUT2D eigenvalue weighted by molar-refractivity contribution is 0.0953. The van der Waals surface area contributed by atoms with Crippen LogP contribution in [-0.4, -0.2) is 15.8 Å². The third-order valence-corrected chi connectivity index (χ3v) is 4.88. The molecule has 0 bridgehead atoms. The maximum atomic E-state index is 14.2. The summed E-state index contributed by atoms with van der Waals surface area (Å²) < 4.78 is 54.9. The van der Waals surface area contributed by atoms with E-state index in [0.29, 0.717) is 34.5 Å². The van der Waals surface area contributed by atoms with Crippen LogP contribution in [0.5, 0.6) is 0 Å². The molecule has 0 amide bonds. The lowest BCUT2D eigenvalue weighted by Gasteiger charge is -2.15. The van der Waals surface area contributed by atoms with E-state index in [2.05, 4.69) is 9.97 Å². The van der Waals surface area contributed by atoms with Gasteiger partial charge in [-0.15, -0.1) is 0 Å². The summed E-state index contributed by atoms with van der Waals surface area (Å²) in [7, 11) is 0. The van der Waals surface area contributed by atoms with Gasteiger partial charge in [-0.2, -0.15) is 0 Å². The van der Waals surface area contributed by atoms with Crippen LogP contribution >= 0.6 is 0 Å². The fourth-order valence-electron chi connectivity index (χ4n) is 3.43. The summed E-state index contributed by atoms with van der Waals surface area (Å²) in [6.07, 6.45) is 4.52. The van der Waals surface area contributed by atoms with Crippen molar-refractivity contribution in [3.63, 3.8) is 0 Å². The molecule has 0 radical (unpaired) electrons. The number of carbonyl (C=O) groups excluding carboxylic acids is 1. The second-order valence-corrected chi connectivity index (χ2v) is 6.82. The van der Waals surface area contributed by atoms with Crippen LogP contribution in [0.3, 0.4) is 0 Å². The number of benzene rings is 2. The molecule has 0 saturated heterocycles. The molecule has 3 N–H and O–H groups in total. The Morgan fingerprint density at radius 1 is 0.871 bits per heavy atom. The Labute approximate surface area is 174 Å². The standard InChI is InChI=1S/C23H15F4N3O/c24-14-3-1-13(2-4-14)22-19(12-5-7-29-8-6-12)16(11-30-22)21(28)23(31)20-17(26)9-15(25)10-18(20)27/h1-11,21,30H,28H2. The first-order valence-corrected chi connectivity index (χ1v) is 9.18. The number of carbonyl (C=O) groups is 1. The van der Waals surface area contributed by atoms with Crippen molar-refractivity contribution in [3.8, 4) is 22.4 Å². The molecular formula is C23H15F4N3O. The number of nitrogens with zero attached hydrogens (tertiary/aromatic N) is 1. The third-order valence-electron chi connectivity index (χ3n) is 4.88. The third kappa shape index (κ3) is 3.85. The summed E-state index contributed by atoms with van der Waals surface area (Å²) in [5, 5.41) is 0. The summed E-state index contributed by atoms with van der Waals surface area (Å²) in [5.41, 5.74) is 7.75. The first-order chi connectivity index (χ1) is 14.9. The van der Waals surface area contributed by atoms with Crippen LogP contribution in [0.25, 0.3) is 22.4 Å². The van der Waals surface area contributed by atoms with Crippen molar-refractivity contribution in [3.05, 3.63) is 102 Å². The molecule has 0 aliphatic carbocycles. The van der Waals surface area contributed by atoms with Crippen molar-refractivity contribution in [2.75, 3.05) is 0 Å². The summed E-state index contributed by atoms with van der Waals surface area (Å²) in [4.78, 5) is 19.8. The highest BCUT2D eigenvalue weighted by Gasteiger charge is 2.29. The quantitative estimate of drug-likeness (QED) is 0.342. The molecule has 0 saturated carbocycles. The number of nitrogens with one attached hydrogen (secondary N) is 1. The van der Waals surface area contributed by atoms with Gasteiger partial charge in [0.25, 0.3) is 0 Å². The molecular weight excluding hydrogens is 410 g/mol. The Morgan fingerprint density at radius 3 is 2.10 bits per heavy atom. The zero-order chi connectivity index (χ0) is 22.1. The fourth-order valence-corrected chi connectivity index (χ4v) is 3.43. The number of aromatic nitrogens is 2. The summed E-state index contributed by atoms with van der Waals surface area (Å²) >= 11 is 0. The molecule has 0 fully saturated rings. The molecule has 1 atom stereocenters. The van der Waals surface area contributed by atoms with Gasteiger partial charge in [-0.1, -0.05) is 0 Å². The van der Waals surface area contributed by atoms with E-state index >= 15 is 0 Å². The molecule has 31 heavy (non-hydrogen) atoms. The Kier molecular flexibility index (Phi) is 5.39. The normalized spacial score (nSPS) is 12.0. The number of hydrogen-bond acceptors (Lipinski definition) is 3. The van der Waals surface area contributed by atoms with Crippen molar-refractivity contribution in [1.29, 1.82) is 0 Å². The molecule has 2 heterocycles. The fraction of sp³-hybridized carbons (Fsp3) is 0.0435. The summed E-state index contributed by atoms with van der Waals surface area (Å²) in [6, 6.07) is 8.39. The van der Waals surface area contributed by atoms with E-state index in [1.165, 1.54) is 30.7 Å². The number of nitrogens with two attached hydrogens (primary N) is 1. The van der Waals surface area contributed by atoms with Gasteiger partial charge in [0.2, 0.25) is 0 Å². The molecule has 1 unspecified atom stereocenters. The van der Waals surface area contributed by atoms with Gasteiger partial charge in [-0.3, -0.25) is 9.78 Å². The zero-order valence-corrected chi connectivity index (χ0v) is 15.9. The Balaban J connectivity index is 1.85. The van der Waals surface area contributed by atoms with Crippen molar-refractivity contribution in [2.24, 2.45) is 5.73 Å². The lowest BCUT2D eigenvalue weighted by Crippen LogP contribution is -2.24. The molecule has 2 aromatic carbocycles. The first kappa shape index (κ1) is 20.5. The maximum Gasteiger partial charge on any atom is 0.190 e. The molecule has 4 aromatic rings. The second-order valence-electron chi connectivity index (χ2n) is 6.82. The van der Waals surface area contributed by atoms with Gasteiger partial charge in [-0.05, 0) is 47.5 Å². The van der Waals surface area contributed by atoms with Gasteiger partial charge >= 0.3 is 0 Å². The van der Waals surface area contributed by atoms with Crippen molar-refractivity contribution >= 4 is 5.78 Å². The highest BCUT2D eigenvalue weighted by atomic mass is 19.1. The summed E-state index contributed by atoms with van der Waals surface area (Å²) in [5.74, 6) is -5.28. The minimum absolute atomic E-state index is 0.263. The van der Waals surface area contributed by atoms with Gasteiger partial charge in [0.15, 0.2) is 5.78 Å². The molecule has 156 valence electrons. The molecule has 4 rings (SSSR count). The van der Waals surface area contributed by atoms with Gasteiger partial charge in [0, 0.05) is 41.9 Å². The van der Waals surface area contributed by atoms with Crippen molar-refractivity contribution in [1.82, 2.24) is 9.97 Å². The SMILES string of the molecule is NC(C(=O)c1c(F)cc(F)cc1F)c1c[nH]c(-c2ccc(F)cc2)c1-c1ccncc1. The van der Waals surface area contributed by atoms with Crippen molar-refractivity contribution in [2.45, 2.75) is 6.04 Å². The van der Waals surface area contributed by atoms with Gasteiger partial charge < -0.3 is 10.7 Å². The topological polar surface area (TPSA) is 71.8 Å². The van der Waals surface area contributed by atoms with Crippen LogP contribution in [-0.2, 0) is 0 Å². The number of H-pyrrole nitrogens is 1. The Morgan fingerprint density at radius 2 is 1.48 bits per heavy atom. The highest BCUT2D eigenvalue weighted by Crippen LogP contribution is 2.38. The number of pyridine rings is 1. The average molecular weight is 425 g/mol. The molecule has 0 aliphatic heterocycles. The molecule has 0 spiro atoms. The second kappa shape index (κ2) is 8.16. The predicted molar refractivity (Wildman–Crippen MR) is 107 cm³/mol. The largest absolute Gasteiger partial charge is 0.360 e. The number of ketones is 1. The van der Waals surface area contributed by atoms with E-state index < -0.39 is 40.7 Å². The molecule has 4 nitrogen and oxygen atoms in total. The van der Waals surface area contributed by atoms with E-state index in [-0.39, 0.29) is 5.56 Å². The van der Waals surface area contributed by atoms with Crippen LogP contribution in [0.2, 0.25) is 0 Å². The number of rotatable bonds is 5. The van der Waals surface area contributed by atoms with Gasteiger partial charge in [0.05, 0.1) is 17.3 Å². The van der Waals surface area contributed by atoms with Crippen LogP contribution in [0.15, 0.2) is 67.1 Å². The molecule has 2 aromatic heterocycles. The number of Topliss-reactive ketones (excluding diaryl/α,β-unsaturated/α-hetero) is 1. The number of halogens is 4. The van der Waals surface area contributed by atoms with E-state index in [4.69, 9.17) is 5.73 Å². The Hall–Kier alpha value is -3.78. The number of hydrogen-bond donors (Lipinski definition) is 2. The van der Waals surface area contributed by atoms with Crippen molar-refractivity contribution < 1.29 is 22.4 Å². The Bertz CT molecular complexity index is 1230. The van der Waals surface area contributed by atoms with Crippen LogP contribution in [0, 0.1) is 23.3 Å². The number of aromatic amines is 1. The molecule has 8 heteroatoms. The van der Waals surface area contributed by atoms with Crippen LogP contribution in [0.4, 0.5) is 17.6 Å². The smallest absolute Gasteiger partial charge is 0.190 e. The maximum absolute atomic E-state index is 14.2. The summed E-state index contributed by atoms with van der Waals surface area (Å²) in [6.45, 7) is 0. The first-order valence-electron chi connectivity index (χ1n) is 9.18.